The van der Waals surface area contributed by atoms with Gasteiger partial charge in [-0.05, 0) is 27.3 Å². The lowest BCUT2D eigenvalue weighted by Gasteiger charge is -2.31. The maximum Gasteiger partial charge on any atom is 0.137 e. The summed E-state index contributed by atoms with van der Waals surface area (Å²) in [7, 11) is 1.89. The zero-order valence-electron chi connectivity index (χ0n) is 8.19. The average Bonchev–Trinajstić information content (AvgIpc) is 2.01. The molecule has 0 aliphatic heterocycles. The Morgan fingerprint density at radius 2 is 2.09 bits per heavy atom. The molecule has 0 aromatic heterocycles. The second-order valence-electron chi connectivity index (χ2n) is 3.34. The summed E-state index contributed by atoms with van der Waals surface area (Å²) >= 11 is 0. The Hall–Kier alpha value is -0.370. The van der Waals surface area contributed by atoms with Crippen LogP contribution in [0.1, 0.15) is 34.1 Å². The highest BCUT2D eigenvalue weighted by Gasteiger charge is 2.32. The van der Waals surface area contributed by atoms with E-state index >= 15 is 0 Å². The molecule has 0 radical (unpaired) electrons. The van der Waals surface area contributed by atoms with Gasteiger partial charge in [-0.15, -0.1) is 0 Å². The third-order valence-corrected chi connectivity index (χ3v) is 2.93. The number of rotatable bonds is 4. The third kappa shape index (κ3) is 2.03. The van der Waals surface area contributed by atoms with E-state index < -0.39 is 0 Å². The molecule has 0 fully saturated rings. The predicted octanol–water partition coefficient (Wildman–Crippen LogP) is 1.60. The molecule has 2 heteroatoms. The van der Waals surface area contributed by atoms with Crippen molar-refractivity contribution < 1.29 is 4.79 Å². The zero-order valence-corrected chi connectivity index (χ0v) is 8.19. The van der Waals surface area contributed by atoms with Crippen LogP contribution in [-0.4, -0.2) is 18.9 Å². The van der Waals surface area contributed by atoms with Crippen LogP contribution in [-0.2, 0) is 4.79 Å². The van der Waals surface area contributed by atoms with Crippen molar-refractivity contribution >= 4 is 5.78 Å². The molecule has 0 saturated carbocycles. The van der Waals surface area contributed by atoms with Crippen molar-refractivity contribution in [3.63, 3.8) is 0 Å². The fraction of sp³-hybridized carbons (Fsp3) is 0.889. The van der Waals surface area contributed by atoms with Gasteiger partial charge in [0.1, 0.15) is 5.78 Å². The highest BCUT2D eigenvalue weighted by Crippen LogP contribution is 2.26. The molecule has 1 N–H and O–H groups in total. The summed E-state index contributed by atoms with van der Waals surface area (Å²) in [6.07, 6.45) is 0.893. The van der Waals surface area contributed by atoms with Crippen molar-refractivity contribution in [3.8, 4) is 0 Å². The average molecular weight is 157 g/mol. The first kappa shape index (κ1) is 10.6. The van der Waals surface area contributed by atoms with Crippen molar-refractivity contribution in [1.82, 2.24) is 5.32 Å². The number of carbonyl (C=O) groups is 1. The smallest absolute Gasteiger partial charge is 0.137 e. The molecule has 0 bridgehead atoms. The van der Waals surface area contributed by atoms with E-state index in [4.69, 9.17) is 0 Å². The van der Waals surface area contributed by atoms with Crippen LogP contribution in [0.3, 0.4) is 0 Å². The second-order valence-corrected chi connectivity index (χ2v) is 3.34. The van der Waals surface area contributed by atoms with Crippen molar-refractivity contribution in [2.75, 3.05) is 7.05 Å². The Bertz CT molecular complexity index is 144. The van der Waals surface area contributed by atoms with Gasteiger partial charge < -0.3 is 5.32 Å². The van der Waals surface area contributed by atoms with Crippen LogP contribution >= 0.6 is 0 Å². The number of hydrogen-bond donors (Lipinski definition) is 1. The monoisotopic (exact) mass is 157 g/mol. The first-order valence-corrected chi connectivity index (χ1v) is 4.17. The molecule has 0 spiro atoms. The summed E-state index contributed by atoms with van der Waals surface area (Å²) in [6.45, 7) is 7.77. The highest BCUT2D eigenvalue weighted by atomic mass is 16.1. The number of nitrogens with one attached hydrogen (secondary N) is 1. The number of ketones is 1. The molecule has 2 atom stereocenters. The molecule has 0 aliphatic carbocycles. The standard InChI is InChI=1S/C9H19NO/c1-6-9(4,8(3)11)7(2)10-5/h7,10H,6H2,1-5H3. The van der Waals surface area contributed by atoms with Crippen LogP contribution in [0.4, 0.5) is 0 Å². The Balaban J connectivity index is 4.45. The van der Waals surface area contributed by atoms with Gasteiger partial charge in [0.2, 0.25) is 0 Å². The van der Waals surface area contributed by atoms with Gasteiger partial charge in [-0.1, -0.05) is 13.8 Å². The molecule has 11 heavy (non-hydrogen) atoms. The normalized spacial score (nSPS) is 19.0. The van der Waals surface area contributed by atoms with Crippen molar-refractivity contribution in [2.24, 2.45) is 5.41 Å². The van der Waals surface area contributed by atoms with Gasteiger partial charge in [-0.25, -0.2) is 0 Å². The summed E-state index contributed by atoms with van der Waals surface area (Å²) in [6, 6.07) is 0.255. The van der Waals surface area contributed by atoms with E-state index in [0.717, 1.165) is 6.42 Å². The van der Waals surface area contributed by atoms with E-state index in [1.54, 1.807) is 6.92 Å². The van der Waals surface area contributed by atoms with Gasteiger partial charge in [0, 0.05) is 11.5 Å². The highest BCUT2D eigenvalue weighted by molar-refractivity contribution is 5.82. The van der Waals surface area contributed by atoms with Crippen LogP contribution in [0.15, 0.2) is 0 Å². The summed E-state index contributed by atoms with van der Waals surface area (Å²) in [4.78, 5) is 11.3. The summed E-state index contributed by atoms with van der Waals surface area (Å²) in [5.74, 6) is 0.266. The molecule has 0 saturated heterocycles. The van der Waals surface area contributed by atoms with E-state index in [2.05, 4.69) is 12.2 Å². The van der Waals surface area contributed by atoms with Crippen LogP contribution in [0.25, 0.3) is 0 Å². The van der Waals surface area contributed by atoms with Crippen LogP contribution in [0, 0.1) is 5.41 Å². The molecule has 0 rings (SSSR count). The quantitative estimate of drug-likeness (QED) is 0.671. The van der Waals surface area contributed by atoms with E-state index in [0.29, 0.717) is 0 Å². The number of Topliss-reactive ketones (excluding diaryl/α,β-unsaturated/α-hetero) is 1. The van der Waals surface area contributed by atoms with Gasteiger partial charge in [0.25, 0.3) is 0 Å². The lowest BCUT2D eigenvalue weighted by atomic mass is 9.77. The van der Waals surface area contributed by atoms with Crippen LogP contribution < -0.4 is 5.32 Å². The van der Waals surface area contributed by atoms with Gasteiger partial charge in [-0.2, -0.15) is 0 Å². The Morgan fingerprint density at radius 1 is 1.64 bits per heavy atom. The Labute approximate surface area is 69.4 Å². The Kier molecular flexibility index (Phi) is 3.73. The molecular formula is C9H19NO. The van der Waals surface area contributed by atoms with E-state index in [1.807, 2.05) is 20.9 Å². The maximum atomic E-state index is 11.3. The third-order valence-electron chi connectivity index (χ3n) is 2.93. The minimum absolute atomic E-state index is 0.200. The molecule has 0 aromatic carbocycles. The molecule has 0 heterocycles. The van der Waals surface area contributed by atoms with Crippen LogP contribution in [0.2, 0.25) is 0 Å². The minimum atomic E-state index is -0.200. The van der Waals surface area contributed by atoms with Gasteiger partial charge in [-0.3, -0.25) is 4.79 Å². The van der Waals surface area contributed by atoms with E-state index in [-0.39, 0.29) is 17.2 Å². The van der Waals surface area contributed by atoms with E-state index in [9.17, 15) is 4.79 Å². The fourth-order valence-corrected chi connectivity index (χ4v) is 1.18. The molecule has 2 nitrogen and oxygen atoms in total. The lowest BCUT2D eigenvalue weighted by Crippen LogP contribution is -2.43. The summed E-state index contributed by atoms with van der Waals surface area (Å²) in [5.41, 5.74) is -0.200. The molecule has 2 unspecified atom stereocenters. The Morgan fingerprint density at radius 3 is 2.18 bits per heavy atom. The molecule has 0 aromatic rings. The summed E-state index contributed by atoms with van der Waals surface area (Å²) in [5, 5.41) is 3.12. The van der Waals surface area contributed by atoms with Gasteiger partial charge >= 0.3 is 0 Å². The van der Waals surface area contributed by atoms with Crippen molar-refractivity contribution in [1.29, 1.82) is 0 Å². The first-order valence-electron chi connectivity index (χ1n) is 4.17. The van der Waals surface area contributed by atoms with Gasteiger partial charge in [0.15, 0.2) is 0 Å². The lowest BCUT2D eigenvalue weighted by molar-refractivity contribution is -0.127. The molecule has 0 aliphatic rings. The SMILES string of the molecule is CCC(C)(C(C)=O)C(C)NC. The topological polar surface area (TPSA) is 29.1 Å². The van der Waals surface area contributed by atoms with E-state index in [1.165, 1.54) is 0 Å². The molecule has 0 amide bonds. The largest absolute Gasteiger partial charge is 0.316 e. The fourth-order valence-electron chi connectivity index (χ4n) is 1.18. The van der Waals surface area contributed by atoms with Crippen molar-refractivity contribution in [2.45, 2.75) is 40.2 Å². The van der Waals surface area contributed by atoms with Crippen LogP contribution in [0.5, 0.6) is 0 Å². The maximum absolute atomic E-state index is 11.3. The second kappa shape index (κ2) is 3.86. The predicted molar refractivity (Wildman–Crippen MR) is 47.6 cm³/mol. The first-order chi connectivity index (χ1) is 4.99. The van der Waals surface area contributed by atoms with Gasteiger partial charge in [0.05, 0.1) is 0 Å². The molecule has 66 valence electrons. The van der Waals surface area contributed by atoms with Crippen molar-refractivity contribution in [3.05, 3.63) is 0 Å². The summed E-state index contributed by atoms with van der Waals surface area (Å²) < 4.78 is 0. The zero-order chi connectivity index (χ0) is 9.07. The number of hydrogen-bond acceptors (Lipinski definition) is 2. The minimum Gasteiger partial charge on any atom is -0.316 e. The number of carbonyl (C=O) groups excluding carboxylic acids is 1. The molecular weight excluding hydrogens is 138 g/mol.